The Labute approximate surface area is 170 Å². The number of anilines is 4. The fourth-order valence-electron chi connectivity index (χ4n) is 3.20. The third kappa shape index (κ3) is 4.89. The number of likely N-dealkylation sites (N-methyl/N-ethyl adjacent to an activating group) is 1. The lowest BCUT2D eigenvalue weighted by Crippen LogP contribution is -2.44. The van der Waals surface area contributed by atoms with E-state index in [-0.39, 0.29) is 11.6 Å². The Hall–Kier alpha value is -3.45. The van der Waals surface area contributed by atoms with Gasteiger partial charge in [-0.05, 0) is 55.6 Å². The molecular weight excluding hydrogens is 364 g/mol. The van der Waals surface area contributed by atoms with Crippen LogP contribution < -0.4 is 15.5 Å². The zero-order chi connectivity index (χ0) is 20.1. The number of hydrogen-bond donors (Lipinski definition) is 2. The Morgan fingerprint density at radius 3 is 2.21 bits per heavy atom. The second kappa shape index (κ2) is 8.70. The van der Waals surface area contributed by atoms with Gasteiger partial charge in [-0.2, -0.15) is 0 Å². The number of benzene rings is 2. The van der Waals surface area contributed by atoms with Gasteiger partial charge >= 0.3 is 0 Å². The monoisotopic (exact) mass is 388 g/mol. The molecule has 0 unspecified atom stereocenters. The lowest BCUT2D eigenvalue weighted by atomic mass is 10.2. The van der Waals surface area contributed by atoms with Gasteiger partial charge in [0, 0.05) is 43.2 Å². The van der Waals surface area contributed by atoms with Crippen molar-refractivity contribution in [1.82, 2.24) is 15.1 Å². The highest BCUT2D eigenvalue weighted by Gasteiger charge is 2.14. The molecule has 0 radical (unpaired) electrons. The molecule has 2 heterocycles. The van der Waals surface area contributed by atoms with Crippen molar-refractivity contribution in [1.29, 1.82) is 0 Å². The van der Waals surface area contributed by atoms with Gasteiger partial charge in [0.2, 0.25) is 0 Å². The Morgan fingerprint density at radius 2 is 1.55 bits per heavy atom. The molecule has 7 nitrogen and oxygen atoms in total. The highest BCUT2D eigenvalue weighted by Crippen LogP contribution is 2.20. The van der Waals surface area contributed by atoms with Crippen molar-refractivity contribution in [2.24, 2.45) is 0 Å². The second-order valence-corrected chi connectivity index (χ2v) is 7.09. The zero-order valence-corrected chi connectivity index (χ0v) is 16.4. The van der Waals surface area contributed by atoms with Crippen molar-refractivity contribution < 1.29 is 4.79 Å². The smallest absolute Gasteiger partial charge is 0.276 e. The number of carbonyl (C=O) groups excluding carboxylic acids is 1. The number of hydrogen-bond acceptors (Lipinski definition) is 6. The summed E-state index contributed by atoms with van der Waals surface area (Å²) in [4.78, 5) is 17.1. The van der Waals surface area contributed by atoms with E-state index in [0.29, 0.717) is 5.82 Å². The average molecular weight is 388 g/mol. The third-order valence-corrected chi connectivity index (χ3v) is 4.94. The molecule has 0 atom stereocenters. The topological polar surface area (TPSA) is 73.4 Å². The van der Waals surface area contributed by atoms with Gasteiger partial charge in [-0.15, -0.1) is 10.2 Å². The van der Waals surface area contributed by atoms with E-state index in [4.69, 9.17) is 0 Å². The van der Waals surface area contributed by atoms with Crippen LogP contribution in [-0.2, 0) is 0 Å². The fraction of sp³-hybridized carbons (Fsp3) is 0.227. The van der Waals surface area contributed by atoms with Gasteiger partial charge in [0.15, 0.2) is 11.5 Å². The molecule has 148 valence electrons. The predicted molar refractivity (Wildman–Crippen MR) is 116 cm³/mol. The number of carbonyl (C=O) groups is 1. The van der Waals surface area contributed by atoms with E-state index >= 15 is 0 Å². The lowest BCUT2D eigenvalue weighted by Gasteiger charge is -2.34. The van der Waals surface area contributed by atoms with Crippen molar-refractivity contribution in [2.75, 3.05) is 48.8 Å². The molecule has 0 saturated carbocycles. The van der Waals surface area contributed by atoms with Crippen LogP contribution in [0.5, 0.6) is 0 Å². The lowest BCUT2D eigenvalue weighted by molar-refractivity contribution is 0.102. The molecule has 0 spiro atoms. The van der Waals surface area contributed by atoms with Gasteiger partial charge in [0.25, 0.3) is 5.91 Å². The molecule has 3 aromatic rings. The summed E-state index contributed by atoms with van der Waals surface area (Å²) in [5.74, 6) is 0.306. The van der Waals surface area contributed by atoms with Crippen LogP contribution in [0.3, 0.4) is 0 Å². The normalized spacial score (nSPS) is 14.4. The Kier molecular flexibility index (Phi) is 5.67. The molecule has 0 aliphatic carbocycles. The molecule has 7 heteroatoms. The summed E-state index contributed by atoms with van der Waals surface area (Å²) in [6.07, 6.45) is 0. The van der Waals surface area contributed by atoms with E-state index in [1.807, 2.05) is 54.6 Å². The van der Waals surface area contributed by atoms with Gasteiger partial charge in [-0.3, -0.25) is 4.79 Å². The van der Waals surface area contributed by atoms with Crippen LogP contribution in [0.15, 0.2) is 66.7 Å². The minimum absolute atomic E-state index is 0.270. The standard InChI is InChI=1S/C22H24N6O/c1-27-13-15-28(16-14-27)19-9-7-18(8-10-19)24-22(29)20-11-12-21(26-25-20)23-17-5-3-2-4-6-17/h2-12H,13-16H2,1H3,(H,23,26)(H,24,29). The van der Waals surface area contributed by atoms with Crippen LogP contribution in [-0.4, -0.2) is 54.2 Å². The number of nitrogens with zero attached hydrogens (tertiary/aromatic N) is 4. The number of amides is 1. The van der Waals surface area contributed by atoms with Crippen LogP contribution >= 0.6 is 0 Å². The van der Waals surface area contributed by atoms with Crippen LogP contribution in [0.2, 0.25) is 0 Å². The molecule has 1 aliphatic heterocycles. The minimum atomic E-state index is -0.281. The Balaban J connectivity index is 1.35. The minimum Gasteiger partial charge on any atom is -0.369 e. The summed E-state index contributed by atoms with van der Waals surface area (Å²) < 4.78 is 0. The van der Waals surface area contributed by atoms with Crippen molar-refractivity contribution in [2.45, 2.75) is 0 Å². The van der Waals surface area contributed by atoms with E-state index in [0.717, 1.165) is 37.6 Å². The van der Waals surface area contributed by atoms with Crippen LogP contribution in [0.25, 0.3) is 0 Å². The summed E-state index contributed by atoms with van der Waals surface area (Å²) in [6, 6.07) is 21.0. The number of nitrogens with one attached hydrogen (secondary N) is 2. The molecule has 4 rings (SSSR count). The zero-order valence-electron chi connectivity index (χ0n) is 16.4. The first-order chi connectivity index (χ1) is 14.2. The first-order valence-corrected chi connectivity index (χ1v) is 9.68. The number of rotatable bonds is 5. The first-order valence-electron chi connectivity index (χ1n) is 9.68. The summed E-state index contributed by atoms with van der Waals surface area (Å²) in [5, 5.41) is 14.1. The summed E-state index contributed by atoms with van der Waals surface area (Å²) in [6.45, 7) is 4.15. The van der Waals surface area contributed by atoms with E-state index in [9.17, 15) is 4.79 Å². The van der Waals surface area contributed by atoms with Crippen LogP contribution in [0.1, 0.15) is 10.5 Å². The van der Waals surface area contributed by atoms with E-state index in [1.165, 1.54) is 5.69 Å². The average Bonchev–Trinajstić information content (AvgIpc) is 2.76. The second-order valence-electron chi connectivity index (χ2n) is 7.09. The molecule has 1 aromatic heterocycles. The van der Waals surface area contributed by atoms with E-state index < -0.39 is 0 Å². The van der Waals surface area contributed by atoms with Crippen molar-refractivity contribution in [3.8, 4) is 0 Å². The van der Waals surface area contributed by atoms with Crippen molar-refractivity contribution in [3.63, 3.8) is 0 Å². The van der Waals surface area contributed by atoms with Gasteiger partial charge in [-0.25, -0.2) is 0 Å². The van der Waals surface area contributed by atoms with Gasteiger partial charge in [-0.1, -0.05) is 18.2 Å². The van der Waals surface area contributed by atoms with Crippen LogP contribution in [0, 0.1) is 0 Å². The molecule has 1 saturated heterocycles. The van der Waals surface area contributed by atoms with Crippen molar-refractivity contribution >= 4 is 28.8 Å². The predicted octanol–water partition coefficient (Wildman–Crippen LogP) is 3.22. The summed E-state index contributed by atoms with van der Waals surface area (Å²) >= 11 is 0. The maximum Gasteiger partial charge on any atom is 0.276 e. The fourth-order valence-corrected chi connectivity index (χ4v) is 3.20. The SMILES string of the molecule is CN1CCN(c2ccc(NC(=O)c3ccc(Nc4ccccc4)nn3)cc2)CC1. The summed E-state index contributed by atoms with van der Waals surface area (Å²) in [7, 11) is 2.14. The molecule has 1 fully saturated rings. The third-order valence-electron chi connectivity index (χ3n) is 4.94. The van der Waals surface area contributed by atoms with E-state index in [2.05, 4.69) is 37.7 Å². The van der Waals surface area contributed by atoms with E-state index in [1.54, 1.807) is 12.1 Å². The summed E-state index contributed by atoms with van der Waals surface area (Å²) in [5.41, 5.74) is 3.10. The molecular formula is C22H24N6O. The number of para-hydroxylation sites is 1. The Bertz CT molecular complexity index is 935. The largest absolute Gasteiger partial charge is 0.369 e. The quantitative estimate of drug-likeness (QED) is 0.699. The molecule has 1 aliphatic rings. The van der Waals surface area contributed by atoms with Crippen molar-refractivity contribution in [3.05, 3.63) is 72.4 Å². The molecule has 0 bridgehead atoms. The Morgan fingerprint density at radius 1 is 0.828 bits per heavy atom. The van der Waals surface area contributed by atoms with Gasteiger partial charge < -0.3 is 20.4 Å². The first kappa shape index (κ1) is 18.9. The molecule has 1 amide bonds. The number of aromatic nitrogens is 2. The van der Waals surface area contributed by atoms with Crippen LogP contribution in [0.4, 0.5) is 22.9 Å². The maximum absolute atomic E-state index is 12.5. The molecule has 2 aromatic carbocycles. The molecule has 29 heavy (non-hydrogen) atoms. The number of piperazine rings is 1. The highest BCUT2D eigenvalue weighted by atomic mass is 16.1. The maximum atomic E-state index is 12.5. The molecule has 2 N–H and O–H groups in total. The highest BCUT2D eigenvalue weighted by molar-refractivity contribution is 6.02. The van der Waals surface area contributed by atoms with Gasteiger partial charge in [0.1, 0.15) is 0 Å². The van der Waals surface area contributed by atoms with Gasteiger partial charge in [0.05, 0.1) is 0 Å².